The molecule has 2 N–H and O–H groups in total. The van der Waals surface area contributed by atoms with Crippen LogP contribution in [0.4, 0.5) is 5.13 Å². The second kappa shape index (κ2) is 4.68. The lowest BCUT2D eigenvalue weighted by Crippen LogP contribution is -2.31. The molecule has 90 valence electrons. The predicted octanol–water partition coefficient (Wildman–Crippen LogP) is 1.29. The number of thiazole rings is 1. The van der Waals surface area contributed by atoms with Crippen LogP contribution in [-0.2, 0) is 10.0 Å². The van der Waals surface area contributed by atoms with Crippen LogP contribution in [0.2, 0.25) is 0 Å². The zero-order chi connectivity index (χ0) is 11.6. The summed E-state index contributed by atoms with van der Waals surface area (Å²) >= 11 is 1.03. The van der Waals surface area contributed by atoms with Gasteiger partial charge in [0.1, 0.15) is 0 Å². The molecule has 0 radical (unpaired) electrons. The maximum Gasteiger partial charge on any atom is 0.254 e. The van der Waals surface area contributed by atoms with E-state index in [0.717, 1.165) is 37.0 Å². The van der Waals surface area contributed by atoms with E-state index >= 15 is 0 Å². The molecule has 0 unspecified atom stereocenters. The number of hydrogen-bond donors (Lipinski definition) is 1. The number of nitrogen functional groups attached to an aromatic ring is 1. The van der Waals surface area contributed by atoms with Gasteiger partial charge in [-0.05, 0) is 12.8 Å². The number of hydrogen-bond acceptors (Lipinski definition) is 5. The average Bonchev–Trinajstić information content (AvgIpc) is 2.54. The van der Waals surface area contributed by atoms with Gasteiger partial charge in [0.05, 0.1) is 6.20 Å². The average molecular weight is 261 g/mol. The van der Waals surface area contributed by atoms with Gasteiger partial charge in [-0.2, -0.15) is 4.31 Å². The minimum absolute atomic E-state index is 0.256. The van der Waals surface area contributed by atoms with E-state index in [1.54, 1.807) is 4.31 Å². The van der Waals surface area contributed by atoms with Crippen molar-refractivity contribution < 1.29 is 8.42 Å². The van der Waals surface area contributed by atoms with E-state index in [4.69, 9.17) is 5.73 Å². The maximum atomic E-state index is 12.2. The Kier molecular flexibility index (Phi) is 3.46. The van der Waals surface area contributed by atoms with Gasteiger partial charge in [-0.1, -0.05) is 24.2 Å². The summed E-state index contributed by atoms with van der Waals surface area (Å²) in [6.07, 6.45) is 5.44. The first-order valence-corrected chi connectivity index (χ1v) is 7.58. The van der Waals surface area contributed by atoms with Crippen molar-refractivity contribution in [3.8, 4) is 0 Å². The molecule has 0 amide bonds. The zero-order valence-electron chi connectivity index (χ0n) is 8.92. The molecule has 1 fully saturated rings. The van der Waals surface area contributed by atoms with Gasteiger partial charge in [0.2, 0.25) is 0 Å². The molecule has 16 heavy (non-hydrogen) atoms. The molecule has 0 aromatic carbocycles. The number of rotatable bonds is 2. The number of sulfonamides is 1. The zero-order valence-corrected chi connectivity index (χ0v) is 10.6. The standard InChI is InChI=1S/C9H15N3O2S2/c10-9-11-7-8(15-9)16(13,14)12-5-3-1-2-4-6-12/h7H,1-6H2,(H2,10,11). The first kappa shape index (κ1) is 11.8. The number of nitrogens with zero attached hydrogens (tertiary/aromatic N) is 2. The highest BCUT2D eigenvalue weighted by Gasteiger charge is 2.26. The van der Waals surface area contributed by atoms with Crippen molar-refractivity contribution in [3.63, 3.8) is 0 Å². The Bertz CT molecular complexity index is 447. The molecule has 2 rings (SSSR count). The maximum absolute atomic E-state index is 12.2. The number of aromatic nitrogens is 1. The summed E-state index contributed by atoms with van der Waals surface area (Å²) in [4.78, 5) is 3.79. The van der Waals surface area contributed by atoms with E-state index in [2.05, 4.69) is 4.98 Å². The minimum atomic E-state index is -3.36. The molecular weight excluding hydrogens is 246 g/mol. The molecule has 2 heterocycles. The molecule has 0 aliphatic carbocycles. The highest BCUT2D eigenvalue weighted by molar-refractivity contribution is 7.91. The monoisotopic (exact) mass is 261 g/mol. The van der Waals surface area contributed by atoms with Crippen LogP contribution in [0.5, 0.6) is 0 Å². The summed E-state index contributed by atoms with van der Waals surface area (Å²) in [5, 5.41) is 0.299. The van der Waals surface area contributed by atoms with E-state index in [-0.39, 0.29) is 4.21 Å². The van der Waals surface area contributed by atoms with Crippen molar-refractivity contribution in [2.45, 2.75) is 29.9 Å². The van der Waals surface area contributed by atoms with Gasteiger partial charge in [-0.3, -0.25) is 0 Å². The molecule has 0 spiro atoms. The lowest BCUT2D eigenvalue weighted by atomic mass is 10.2. The van der Waals surface area contributed by atoms with E-state index in [1.807, 2.05) is 0 Å². The largest absolute Gasteiger partial charge is 0.375 e. The summed E-state index contributed by atoms with van der Waals surface area (Å²) in [6.45, 7) is 1.22. The molecule has 1 aromatic heterocycles. The highest BCUT2D eigenvalue weighted by Crippen LogP contribution is 2.25. The van der Waals surface area contributed by atoms with Crippen LogP contribution in [0.1, 0.15) is 25.7 Å². The van der Waals surface area contributed by atoms with Gasteiger partial charge < -0.3 is 5.73 Å². The van der Waals surface area contributed by atoms with Crippen molar-refractivity contribution in [2.75, 3.05) is 18.8 Å². The lowest BCUT2D eigenvalue weighted by Gasteiger charge is -2.18. The van der Waals surface area contributed by atoms with Gasteiger partial charge in [0.25, 0.3) is 10.0 Å². The second-order valence-electron chi connectivity index (χ2n) is 3.84. The molecule has 5 nitrogen and oxygen atoms in total. The van der Waals surface area contributed by atoms with Crippen LogP contribution in [-0.4, -0.2) is 30.8 Å². The van der Waals surface area contributed by atoms with Crippen LogP contribution in [0.15, 0.2) is 10.4 Å². The second-order valence-corrected chi connectivity index (χ2v) is 7.06. The lowest BCUT2D eigenvalue weighted by molar-refractivity contribution is 0.425. The summed E-state index contributed by atoms with van der Waals surface area (Å²) in [6, 6.07) is 0. The molecular formula is C9H15N3O2S2. The SMILES string of the molecule is Nc1ncc(S(=O)(=O)N2CCCCCC2)s1. The van der Waals surface area contributed by atoms with E-state index in [0.29, 0.717) is 18.2 Å². The normalized spacial score (nSPS) is 19.5. The van der Waals surface area contributed by atoms with Crippen molar-refractivity contribution in [2.24, 2.45) is 0 Å². The third-order valence-electron chi connectivity index (χ3n) is 2.66. The fraction of sp³-hybridized carbons (Fsp3) is 0.667. The summed E-state index contributed by atoms with van der Waals surface area (Å²) < 4.78 is 26.2. The predicted molar refractivity (Wildman–Crippen MR) is 63.8 cm³/mol. The van der Waals surface area contributed by atoms with Crippen molar-refractivity contribution >= 4 is 26.5 Å². The third kappa shape index (κ3) is 2.36. The van der Waals surface area contributed by atoms with Gasteiger partial charge in [0, 0.05) is 13.1 Å². The van der Waals surface area contributed by atoms with E-state index in [1.165, 1.54) is 6.20 Å². The fourth-order valence-electron chi connectivity index (χ4n) is 1.80. The Morgan fingerprint density at radius 3 is 2.38 bits per heavy atom. The van der Waals surface area contributed by atoms with Gasteiger partial charge >= 0.3 is 0 Å². The Labute approximate surface area is 99.3 Å². The molecule has 0 atom stereocenters. The van der Waals surface area contributed by atoms with Gasteiger partial charge in [0.15, 0.2) is 9.34 Å². The molecule has 0 bridgehead atoms. The summed E-state index contributed by atoms with van der Waals surface area (Å²) in [7, 11) is -3.36. The Morgan fingerprint density at radius 2 is 1.88 bits per heavy atom. The van der Waals surface area contributed by atoms with E-state index < -0.39 is 10.0 Å². The van der Waals surface area contributed by atoms with Crippen LogP contribution in [0.25, 0.3) is 0 Å². The first-order chi connectivity index (χ1) is 7.60. The van der Waals surface area contributed by atoms with Crippen LogP contribution >= 0.6 is 11.3 Å². The van der Waals surface area contributed by atoms with Crippen LogP contribution in [0, 0.1) is 0 Å². The number of nitrogens with two attached hydrogens (primary N) is 1. The van der Waals surface area contributed by atoms with E-state index in [9.17, 15) is 8.42 Å². The summed E-state index contributed by atoms with van der Waals surface area (Å²) in [5.41, 5.74) is 5.46. The Morgan fingerprint density at radius 1 is 1.25 bits per heavy atom. The molecule has 1 saturated heterocycles. The van der Waals surface area contributed by atoms with Crippen molar-refractivity contribution in [3.05, 3.63) is 6.20 Å². The quantitative estimate of drug-likeness (QED) is 0.870. The van der Waals surface area contributed by atoms with Gasteiger partial charge in [-0.15, -0.1) is 0 Å². The summed E-state index contributed by atoms with van der Waals surface area (Å²) in [5.74, 6) is 0. The smallest absolute Gasteiger partial charge is 0.254 e. The Balaban J connectivity index is 2.23. The number of anilines is 1. The Hall–Kier alpha value is -0.660. The molecule has 1 aliphatic heterocycles. The van der Waals surface area contributed by atoms with Crippen LogP contribution < -0.4 is 5.73 Å². The fourth-order valence-corrected chi connectivity index (χ4v) is 4.39. The third-order valence-corrected chi connectivity index (χ3v) is 5.82. The first-order valence-electron chi connectivity index (χ1n) is 5.32. The van der Waals surface area contributed by atoms with Crippen molar-refractivity contribution in [1.29, 1.82) is 0 Å². The van der Waals surface area contributed by atoms with Crippen molar-refractivity contribution in [1.82, 2.24) is 9.29 Å². The van der Waals surface area contributed by atoms with Gasteiger partial charge in [-0.25, -0.2) is 13.4 Å². The molecule has 1 aliphatic rings. The molecule has 1 aromatic rings. The topological polar surface area (TPSA) is 76.3 Å². The van der Waals surface area contributed by atoms with Crippen LogP contribution in [0.3, 0.4) is 0 Å². The minimum Gasteiger partial charge on any atom is -0.375 e. The molecule has 0 saturated carbocycles. The molecule has 7 heteroatoms. The highest BCUT2D eigenvalue weighted by atomic mass is 32.2.